The molecule has 2 N–H and O–H groups in total. The molecule has 14 heavy (non-hydrogen) atoms. The van der Waals surface area contributed by atoms with Crippen LogP contribution in [0.15, 0.2) is 24.5 Å². The van der Waals surface area contributed by atoms with Crippen molar-refractivity contribution < 1.29 is 14.7 Å². The van der Waals surface area contributed by atoms with Gasteiger partial charge in [-0.3, -0.25) is 9.48 Å². The van der Waals surface area contributed by atoms with Crippen molar-refractivity contribution in [3.8, 4) is 0 Å². The van der Waals surface area contributed by atoms with Gasteiger partial charge in [-0.05, 0) is 0 Å². The van der Waals surface area contributed by atoms with Gasteiger partial charge in [0.05, 0.1) is 11.9 Å². The summed E-state index contributed by atoms with van der Waals surface area (Å²) in [4.78, 5) is 21.1. The fourth-order valence-electron chi connectivity index (χ4n) is 0.817. The lowest BCUT2D eigenvalue weighted by Gasteiger charge is -1.94. The number of carboxylic acids is 1. The van der Waals surface area contributed by atoms with Gasteiger partial charge in [0, 0.05) is 25.4 Å². The minimum absolute atomic E-state index is 0.500. The van der Waals surface area contributed by atoms with Crippen molar-refractivity contribution in [1.82, 2.24) is 9.78 Å². The Morgan fingerprint density at radius 2 is 2.29 bits per heavy atom. The first-order valence-corrected chi connectivity index (χ1v) is 3.78. The second kappa shape index (κ2) is 4.22. The summed E-state index contributed by atoms with van der Waals surface area (Å²) < 4.78 is 1.52. The van der Waals surface area contributed by atoms with Crippen LogP contribution in [0.25, 0.3) is 0 Å². The number of nitrogens with one attached hydrogen (secondary N) is 1. The molecule has 0 atom stereocenters. The van der Waals surface area contributed by atoms with Crippen molar-refractivity contribution in [1.29, 1.82) is 0 Å². The lowest BCUT2D eigenvalue weighted by atomic mass is 10.4. The normalized spacial score (nSPS) is 10.4. The number of hydrogen-bond acceptors (Lipinski definition) is 3. The molecule has 0 aliphatic heterocycles. The van der Waals surface area contributed by atoms with E-state index in [4.69, 9.17) is 5.11 Å². The standard InChI is InChI=1S/C8H9N3O3/c1-11-5-6(4-9-11)10-7(12)2-3-8(13)14/h2-5H,1H3,(H,10,12)(H,13,14). The van der Waals surface area contributed by atoms with Crippen LogP contribution in [0.3, 0.4) is 0 Å². The summed E-state index contributed by atoms with van der Waals surface area (Å²) in [6.45, 7) is 0. The number of aromatic nitrogens is 2. The molecule has 0 unspecified atom stereocenters. The van der Waals surface area contributed by atoms with Gasteiger partial charge in [0.25, 0.3) is 0 Å². The number of hydrogen-bond donors (Lipinski definition) is 2. The summed E-state index contributed by atoms with van der Waals surface area (Å²) in [7, 11) is 1.71. The first kappa shape index (κ1) is 9.97. The Hall–Kier alpha value is -2.11. The molecule has 1 heterocycles. The third-order valence-electron chi connectivity index (χ3n) is 1.35. The Morgan fingerprint density at radius 3 is 2.79 bits per heavy atom. The van der Waals surface area contributed by atoms with Crippen molar-refractivity contribution in [2.75, 3.05) is 5.32 Å². The molecule has 0 saturated carbocycles. The zero-order chi connectivity index (χ0) is 10.6. The van der Waals surface area contributed by atoms with E-state index in [0.29, 0.717) is 5.69 Å². The van der Waals surface area contributed by atoms with E-state index in [2.05, 4.69) is 10.4 Å². The van der Waals surface area contributed by atoms with Crippen LogP contribution in [-0.4, -0.2) is 26.8 Å². The van der Waals surface area contributed by atoms with Gasteiger partial charge in [-0.1, -0.05) is 0 Å². The largest absolute Gasteiger partial charge is 0.478 e. The third-order valence-corrected chi connectivity index (χ3v) is 1.35. The number of nitrogens with zero attached hydrogens (tertiary/aromatic N) is 2. The highest BCUT2D eigenvalue weighted by Crippen LogP contribution is 2.02. The van der Waals surface area contributed by atoms with Gasteiger partial charge in [0.15, 0.2) is 0 Å². The number of aryl methyl sites for hydroxylation is 1. The van der Waals surface area contributed by atoms with Crippen LogP contribution in [0.4, 0.5) is 5.69 Å². The minimum atomic E-state index is -1.16. The van der Waals surface area contributed by atoms with E-state index in [1.165, 1.54) is 10.9 Å². The molecule has 0 aromatic carbocycles. The van der Waals surface area contributed by atoms with Crippen molar-refractivity contribution >= 4 is 17.6 Å². The van der Waals surface area contributed by atoms with Crippen molar-refractivity contribution in [3.05, 3.63) is 24.5 Å². The monoisotopic (exact) mass is 195 g/mol. The van der Waals surface area contributed by atoms with Gasteiger partial charge in [0.2, 0.25) is 5.91 Å². The number of carbonyl (C=O) groups excluding carboxylic acids is 1. The number of carbonyl (C=O) groups is 2. The summed E-state index contributed by atoms with van der Waals surface area (Å²) in [5.74, 6) is -1.66. The average molecular weight is 195 g/mol. The molecule has 0 aliphatic rings. The molecule has 0 saturated heterocycles. The van der Waals surface area contributed by atoms with Gasteiger partial charge in [0.1, 0.15) is 0 Å². The zero-order valence-electron chi connectivity index (χ0n) is 7.47. The molecule has 1 rings (SSSR count). The SMILES string of the molecule is Cn1cc(NC(=O)C=CC(=O)O)cn1. The van der Waals surface area contributed by atoms with Crippen LogP contribution in [0.2, 0.25) is 0 Å². The lowest BCUT2D eigenvalue weighted by Crippen LogP contribution is -2.07. The predicted molar refractivity (Wildman–Crippen MR) is 48.6 cm³/mol. The second-order valence-corrected chi connectivity index (χ2v) is 2.56. The highest BCUT2D eigenvalue weighted by atomic mass is 16.4. The number of aliphatic carboxylic acids is 1. The minimum Gasteiger partial charge on any atom is -0.478 e. The van der Waals surface area contributed by atoms with Crippen LogP contribution in [-0.2, 0) is 16.6 Å². The van der Waals surface area contributed by atoms with Crippen LogP contribution in [0.1, 0.15) is 0 Å². The zero-order valence-corrected chi connectivity index (χ0v) is 7.47. The van der Waals surface area contributed by atoms with E-state index < -0.39 is 11.9 Å². The topological polar surface area (TPSA) is 84.2 Å². The first-order chi connectivity index (χ1) is 6.58. The number of carboxylic acid groups (broad SMARTS) is 1. The van der Waals surface area contributed by atoms with Gasteiger partial charge in [-0.15, -0.1) is 0 Å². The molecular formula is C8H9N3O3. The molecule has 0 fully saturated rings. The molecule has 6 heteroatoms. The van der Waals surface area contributed by atoms with Crippen molar-refractivity contribution in [3.63, 3.8) is 0 Å². The maximum atomic E-state index is 11.0. The fourth-order valence-corrected chi connectivity index (χ4v) is 0.817. The van der Waals surface area contributed by atoms with Crippen molar-refractivity contribution in [2.45, 2.75) is 0 Å². The van der Waals surface area contributed by atoms with Gasteiger partial charge < -0.3 is 10.4 Å². The Bertz CT molecular complexity index is 381. The maximum absolute atomic E-state index is 11.0. The van der Waals surface area contributed by atoms with Crippen LogP contribution in [0.5, 0.6) is 0 Å². The Balaban J connectivity index is 2.53. The average Bonchev–Trinajstić information content (AvgIpc) is 2.48. The molecule has 1 aromatic heterocycles. The summed E-state index contributed by atoms with van der Waals surface area (Å²) in [5.41, 5.74) is 0.521. The summed E-state index contributed by atoms with van der Waals surface area (Å²) in [6, 6.07) is 0. The highest BCUT2D eigenvalue weighted by Gasteiger charge is 1.99. The lowest BCUT2D eigenvalue weighted by molar-refractivity contribution is -0.131. The van der Waals surface area contributed by atoms with E-state index in [1.54, 1.807) is 13.2 Å². The van der Waals surface area contributed by atoms with E-state index in [0.717, 1.165) is 12.2 Å². The number of amides is 1. The van der Waals surface area contributed by atoms with Gasteiger partial charge in [-0.25, -0.2) is 4.79 Å². The Kier molecular flexibility index (Phi) is 3.01. The molecule has 0 aliphatic carbocycles. The van der Waals surface area contributed by atoms with Crippen LogP contribution >= 0.6 is 0 Å². The van der Waals surface area contributed by atoms with Crippen LogP contribution < -0.4 is 5.32 Å². The summed E-state index contributed by atoms with van der Waals surface area (Å²) in [6.07, 6.45) is 4.78. The van der Waals surface area contributed by atoms with Crippen molar-refractivity contribution in [2.24, 2.45) is 7.05 Å². The molecule has 74 valence electrons. The summed E-state index contributed by atoms with van der Waals surface area (Å²) >= 11 is 0. The molecule has 1 amide bonds. The first-order valence-electron chi connectivity index (χ1n) is 3.78. The third kappa shape index (κ3) is 3.10. The quantitative estimate of drug-likeness (QED) is 0.665. The van der Waals surface area contributed by atoms with E-state index in [9.17, 15) is 9.59 Å². The summed E-state index contributed by atoms with van der Waals surface area (Å²) in [5, 5.41) is 14.5. The molecule has 0 bridgehead atoms. The number of anilines is 1. The predicted octanol–water partition coefficient (Wildman–Crippen LogP) is -0.000600. The smallest absolute Gasteiger partial charge is 0.328 e. The highest BCUT2D eigenvalue weighted by molar-refractivity contribution is 6.02. The van der Waals surface area contributed by atoms with Gasteiger partial charge >= 0.3 is 5.97 Å². The molecular weight excluding hydrogens is 186 g/mol. The maximum Gasteiger partial charge on any atom is 0.328 e. The van der Waals surface area contributed by atoms with Crippen LogP contribution in [0, 0.1) is 0 Å². The van der Waals surface area contributed by atoms with E-state index in [-0.39, 0.29) is 0 Å². The molecule has 0 spiro atoms. The fraction of sp³-hybridized carbons (Fsp3) is 0.125. The Labute approximate surface area is 79.8 Å². The Morgan fingerprint density at radius 1 is 1.57 bits per heavy atom. The van der Waals surface area contributed by atoms with E-state index >= 15 is 0 Å². The van der Waals surface area contributed by atoms with E-state index in [1.807, 2.05) is 0 Å². The molecule has 1 aromatic rings. The number of rotatable bonds is 3. The van der Waals surface area contributed by atoms with Gasteiger partial charge in [-0.2, -0.15) is 5.10 Å². The second-order valence-electron chi connectivity index (χ2n) is 2.56. The molecule has 0 radical (unpaired) electrons. The molecule has 6 nitrogen and oxygen atoms in total.